The summed E-state index contributed by atoms with van der Waals surface area (Å²) < 4.78 is 5.29. The average Bonchev–Trinajstić information content (AvgIpc) is 3.40. The first kappa shape index (κ1) is 19.6. The van der Waals surface area contributed by atoms with Gasteiger partial charge in [0.1, 0.15) is 5.76 Å². The third-order valence-electron chi connectivity index (χ3n) is 6.63. The molecular weight excluding hydrogens is 400 g/mol. The summed E-state index contributed by atoms with van der Waals surface area (Å²) in [6.07, 6.45) is 7.40. The van der Waals surface area contributed by atoms with Crippen molar-refractivity contribution >= 4 is 28.3 Å². The van der Waals surface area contributed by atoms with E-state index >= 15 is 0 Å². The van der Waals surface area contributed by atoms with Crippen LogP contribution in [0, 0.1) is 11.8 Å². The van der Waals surface area contributed by atoms with Gasteiger partial charge in [-0.15, -0.1) is 11.3 Å². The number of thiazole rings is 1. The molecule has 1 atom stereocenters. The zero-order valence-electron chi connectivity index (χ0n) is 17.1. The minimum atomic E-state index is -0.00212. The molecule has 5 rings (SSSR count). The van der Waals surface area contributed by atoms with E-state index in [-0.39, 0.29) is 17.7 Å². The van der Waals surface area contributed by atoms with Gasteiger partial charge in [0.25, 0.3) is 0 Å². The lowest BCUT2D eigenvalue weighted by molar-refractivity contribution is -0.138. The average molecular weight is 429 g/mol. The molecule has 2 aliphatic carbocycles. The van der Waals surface area contributed by atoms with E-state index in [4.69, 9.17) is 9.40 Å². The number of aryl methyl sites for hydroxylation is 1. The van der Waals surface area contributed by atoms with Crippen LogP contribution < -0.4 is 10.2 Å². The highest BCUT2D eigenvalue weighted by Crippen LogP contribution is 2.35. The Balaban J connectivity index is 1.15. The Hall–Kier alpha value is -2.35. The van der Waals surface area contributed by atoms with E-state index in [9.17, 15) is 9.59 Å². The van der Waals surface area contributed by atoms with Crippen LogP contribution in [0.1, 0.15) is 42.0 Å². The number of furan rings is 1. The monoisotopic (exact) mass is 428 g/mol. The molecule has 1 saturated carbocycles. The second-order valence-corrected chi connectivity index (χ2v) is 9.61. The molecule has 2 aromatic heterocycles. The number of carbonyl (C=O) groups excluding carboxylic acids is 2. The maximum atomic E-state index is 12.6. The quantitative estimate of drug-likeness (QED) is 0.792. The molecule has 1 aliphatic heterocycles. The van der Waals surface area contributed by atoms with E-state index in [0.717, 1.165) is 74.9 Å². The standard InChI is InChI=1S/C22H28N4O3S/c27-20(23-14-17-5-2-12-29-17)16-6-7-18-19(13-16)30-22(24-18)26-10-8-25(9-11-26)21(28)15-3-1-4-15/h2,5,12,15-16H,1,3-4,6-11,13-14H2,(H,23,27)/t16-/m0/s1. The molecule has 0 bridgehead atoms. The summed E-state index contributed by atoms with van der Waals surface area (Å²) in [5.74, 6) is 1.49. The van der Waals surface area contributed by atoms with E-state index in [1.807, 2.05) is 17.0 Å². The van der Waals surface area contributed by atoms with E-state index in [1.54, 1.807) is 17.6 Å². The Labute approximate surface area is 180 Å². The molecule has 2 aromatic rings. The van der Waals surface area contributed by atoms with Gasteiger partial charge in [0.05, 0.1) is 18.5 Å². The van der Waals surface area contributed by atoms with Crippen LogP contribution in [-0.4, -0.2) is 47.9 Å². The summed E-state index contributed by atoms with van der Waals surface area (Å²) in [7, 11) is 0. The molecule has 0 aromatic carbocycles. The minimum absolute atomic E-state index is 0.00212. The fraction of sp³-hybridized carbons (Fsp3) is 0.591. The maximum absolute atomic E-state index is 12.6. The molecule has 2 fully saturated rings. The van der Waals surface area contributed by atoms with Gasteiger partial charge in [-0.2, -0.15) is 0 Å². The van der Waals surface area contributed by atoms with Crippen molar-refractivity contribution in [3.8, 4) is 0 Å². The largest absolute Gasteiger partial charge is 0.467 e. The van der Waals surface area contributed by atoms with Gasteiger partial charge < -0.3 is 19.5 Å². The zero-order chi connectivity index (χ0) is 20.5. The third-order valence-corrected chi connectivity index (χ3v) is 7.81. The molecule has 8 heteroatoms. The number of carbonyl (C=O) groups is 2. The first-order valence-corrected chi connectivity index (χ1v) is 11.8. The van der Waals surface area contributed by atoms with Crippen molar-refractivity contribution in [1.82, 2.24) is 15.2 Å². The molecule has 30 heavy (non-hydrogen) atoms. The molecule has 2 amide bonds. The predicted octanol–water partition coefficient (Wildman–Crippen LogP) is 2.61. The number of nitrogens with one attached hydrogen (secondary N) is 1. The molecule has 7 nitrogen and oxygen atoms in total. The Kier molecular flexibility index (Phi) is 5.50. The number of nitrogens with zero attached hydrogens (tertiary/aromatic N) is 3. The van der Waals surface area contributed by atoms with Crippen LogP contribution in [0.2, 0.25) is 0 Å². The molecule has 0 spiro atoms. The van der Waals surface area contributed by atoms with Gasteiger partial charge >= 0.3 is 0 Å². The highest BCUT2D eigenvalue weighted by molar-refractivity contribution is 7.15. The smallest absolute Gasteiger partial charge is 0.225 e. The molecule has 3 aliphatic rings. The van der Waals surface area contributed by atoms with Crippen molar-refractivity contribution in [2.45, 2.75) is 45.1 Å². The third kappa shape index (κ3) is 3.97. The summed E-state index contributed by atoms with van der Waals surface area (Å²) in [6.45, 7) is 3.71. The van der Waals surface area contributed by atoms with Gasteiger partial charge in [-0.05, 0) is 44.2 Å². The van der Waals surface area contributed by atoms with Gasteiger partial charge in [0.15, 0.2) is 5.13 Å². The predicted molar refractivity (Wildman–Crippen MR) is 114 cm³/mol. The van der Waals surface area contributed by atoms with Crippen molar-refractivity contribution in [3.63, 3.8) is 0 Å². The summed E-state index contributed by atoms with van der Waals surface area (Å²) in [5.41, 5.74) is 1.15. The molecular formula is C22H28N4O3S. The van der Waals surface area contributed by atoms with Gasteiger partial charge in [-0.25, -0.2) is 4.98 Å². The van der Waals surface area contributed by atoms with Crippen molar-refractivity contribution in [2.75, 3.05) is 31.1 Å². The first-order valence-electron chi connectivity index (χ1n) is 11.0. The Morgan fingerprint density at radius 1 is 1.17 bits per heavy atom. The number of piperazine rings is 1. The van der Waals surface area contributed by atoms with E-state index < -0.39 is 0 Å². The summed E-state index contributed by atoms with van der Waals surface area (Å²) in [4.78, 5) is 35.5. The fourth-order valence-electron chi connectivity index (χ4n) is 4.48. The number of rotatable bonds is 5. The highest BCUT2D eigenvalue weighted by atomic mass is 32.1. The number of fused-ring (bicyclic) bond motifs is 1. The second kappa shape index (κ2) is 8.41. The van der Waals surface area contributed by atoms with Crippen molar-refractivity contribution in [1.29, 1.82) is 0 Å². The van der Waals surface area contributed by atoms with Crippen LogP contribution in [0.15, 0.2) is 22.8 Å². The van der Waals surface area contributed by atoms with Gasteiger partial charge in [0, 0.05) is 42.9 Å². The highest BCUT2D eigenvalue weighted by Gasteiger charge is 2.33. The molecule has 0 radical (unpaired) electrons. The molecule has 1 saturated heterocycles. The van der Waals surface area contributed by atoms with Crippen LogP contribution in [0.25, 0.3) is 0 Å². The lowest BCUT2D eigenvalue weighted by Crippen LogP contribution is -2.51. The van der Waals surface area contributed by atoms with E-state index in [0.29, 0.717) is 12.5 Å². The number of hydrogen-bond acceptors (Lipinski definition) is 6. The Bertz CT molecular complexity index is 898. The number of anilines is 1. The number of hydrogen-bond donors (Lipinski definition) is 1. The lowest BCUT2D eigenvalue weighted by atomic mass is 9.84. The van der Waals surface area contributed by atoms with Crippen LogP contribution in [0.5, 0.6) is 0 Å². The van der Waals surface area contributed by atoms with E-state index in [2.05, 4.69) is 10.2 Å². The topological polar surface area (TPSA) is 78.7 Å². The van der Waals surface area contributed by atoms with Crippen LogP contribution in [0.4, 0.5) is 5.13 Å². The number of amides is 2. The van der Waals surface area contributed by atoms with Gasteiger partial charge in [-0.3, -0.25) is 9.59 Å². The van der Waals surface area contributed by atoms with E-state index in [1.165, 1.54) is 11.3 Å². The summed E-state index contributed by atoms with van der Waals surface area (Å²) in [5, 5.41) is 4.04. The van der Waals surface area contributed by atoms with Crippen molar-refractivity contribution < 1.29 is 14.0 Å². The summed E-state index contributed by atoms with van der Waals surface area (Å²) in [6, 6.07) is 3.70. The SMILES string of the molecule is O=C(NCc1ccco1)[C@H]1CCc2nc(N3CCN(C(=O)C4CCC4)CC3)sc2C1. The summed E-state index contributed by atoms with van der Waals surface area (Å²) >= 11 is 1.72. The normalized spacial score (nSPS) is 21.8. The Morgan fingerprint density at radius 3 is 2.70 bits per heavy atom. The maximum Gasteiger partial charge on any atom is 0.225 e. The number of aromatic nitrogens is 1. The molecule has 160 valence electrons. The fourth-order valence-corrected chi connectivity index (χ4v) is 5.72. The van der Waals surface area contributed by atoms with Crippen molar-refractivity contribution in [2.24, 2.45) is 11.8 Å². The first-order chi connectivity index (χ1) is 14.7. The van der Waals surface area contributed by atoms with Gasteiger partial charge in [-0.1, -0.05) is 6.42 Å². The zero-order valence-corrected chi connectivity index (χ0v) is 18.0. The van der Waals surface area contributed by atoms with Crippen LogP contribution in [0.3, 0.4) is 0 Å². The second-order valence-electron chi connectivity index (χ2n) is 8.54. The molecule has 0 unspecified atom stereocenters. The lowest BCUT2D eigenvalue weighted by Gasteiger charge is -2.38. The Morgan fingerprint density at radius 2 is 2.00 bits per heavy atom. The van der Waals surface area contributed by atoms with Crippen molar-refractivity contribution in [3.05, 3.63) is 34.7 Å². The minimum Gasteiger partial charge on any atom is -0.467 e. The molecule has 1 N–H and O–H groups in total. The molecule has 3 heterocycles. The van der Waals surface area contributed by atoms with Crippen LogP contribution >= 0.6 is 11.3 Å². The van der Waals surface area contributed by atoms with Gasteiger partial charge in [0.2, 0.25) is 11.8 Å². The van der Waals surface area contributed by atoms with Crippen LogP contribution in [-0.2, 0) is 29.0 Å².